The third kappa shape index (κ3) is 6.72. The number of ether oxygens (including phenoxy) is 1. The molecule has 0 aliphatic heterocycles. The number of ketones is 1. The average molecular weight is 532 g/mol. The maximum absolute atomic E-state index is 13.1. The van der Waals surface area contributed by atoms with Crippen molar-refractivity contribution in [2.24, 2.45) is 5.92 Å². The maximum Gasteiger partial charge on any atom is 0.307 e. The number of hydrogen-bond acceptors (Lipinski definition) is 5. The zero-order valence-electron chi connectivity index (χ0n) is 21.9. The standard InChI is InChI=1S/C34H29NO5/c36-32(25-9-3-1-4-10-25)31-14-8-7-13-27(31)22-28(34(37)38)21-24-15-17-30(18-16-24)39-20-19-29-23-40-33(35-29)26-11-5-2-6-12-26/h1-18,23,28H,19-22H2,(H,37,38). The van der Waals surface area contributed by atoms with Crippen molar-refractivity contribution < 1.29 is 23.8 Å². The van der Waals surface area contributed by atoms with Crippen LogP contribution < -0.4 is 4.74 Å². The summed E-state index contributed by atoms with van der Waals surface area (Å²) >= 11 is 0. The largest absolute Gasteiger partial charge is 0.493 e. The molecule has 200 valence electrons. The first kappa shape index (κ1) is 26.6. The number of aliphatic carboxylic acids is 1. The van der Waals surface area contributed by atoms with Gasteiger partial charge in [-0.3, -0.25) is 9.59 Å². The first-order valence-electron chi connectivity index (χ1n) is 13.2. The normalized spacial score (nSPS) is 11.6. The van der Waals surface area contributed by atoms with Crippen LogP contribution in [0.1, 0.15) is 32.7 Å². The smallest absolute Gasteiger partial charge is 0.307 e. The predicted molar refractivity (Wildman–Crippen MR) is 152 cm³/mol. The van der Waals surface area contributed by atoms with Crippen LogP contribution in [-0.4, -0.2) is 28.4 Å². The lowest BCUT2D eigenvalue weighted by Gasteiger charge is -2.16. The monoisotopic (exact) mass is 531 g/mol. The number of nitrogens with zero attached hydrogens (tertiary/aromatic N) is 1. The molecule has 1 unspecified atom stereocenters. The number of oxazole rings is 1. The van der Waals surface area contributed by atoms with Crippen LogP contribution in [0.5, 0.6) is 5.75 Å². The zero-order valence-corrected chi connectivity index (χ0v) is 21.9. The SMILES string of the molecule is O=C(c1ccccc1)c1ccccc1CC(Cc1ccc(OCCc2coc(-c3ccccc3)n2)cc1)C(=O)O. The third-order valence-electron chi connectivity index (χ3n) is 6.72. The van der Waals surface area contributed by atoms with Crippen LogP contribution >= 0.6 is 0 Å². The molecule has 1 N–H and O–H groups in total. The molecule has 0 radical (unpaired) electrons. The van der Waals surface area contributed by atoms with Gasteiger partial charge in [0, 0.05) is 23.1 Å². The number of carbonyl (C=O) groups is 2. The number of benzene rings is 4. The second kappa shape index (κ2) is 12.7. The molecule has 0 spiro atoms. The molecule has 0 saturated carbocycles. The fraction of sp³-hybridized carbons (Fsp3) is 0.147. The summed E-state index contributed by atoms with van der Waals surface area (Å²) in [5, 5.41) is 9.97. The fourth-order valence-electron chi connectivity index (χ4n) is 4.59. The van der Waals surface area contributed by atoms with Crippen LogP contribution in [-0.2, 0) is 24.1 Å². The van der Waals surface area contributed by atoms with Gasteiger partial charge in [0.15, 0.2) is 5.78 Å². The van der Waals surface area contributed by atoms with Crippen LogP contribution in [0.4, 0.5) is 0 Å². The highest BCUT2D eigenvalue weighted by Gasteiger charge is 2.22. The molecule has 5 rings (SSSR count). The summed E-state index contributed by atoms with van der Waals surface area (Å²) in [5.74, 6) is -0.405. The van der Waals surface area contributed by atoms with E-state index >= 15 is 0 Å². The minimum atomic E-state index is -0.898. The van der Waals surface area contributed by atoms with Gasteiger partial charge in [-0.15, -0.1) is 0 Å². The zero-order chi connectivity index (χ0) is 27.7. The molecule has 0 amide bonds. The molecule has 4 aromatic carbocycles. The van der Waals surface area contributed by atoms with Gasteiger partial charge in [0.1, 0.15) is 12.0 Å². The Morgan fingerprint density at radius 1 is 0.800 bits per heavy atom. The summed E-state index contributed by atoms with van der Waals surface area (Å²) in [6, 6.07) is 33.5. The first-order chi connectivity index (χ1) is 19.6. The molecular weight excluding hydrogens is 502 g/mol. The molecule has 0 aliphatic carbocycles. The summed E-state index contributed by atoms with van der Waals surface area (Å²) in [5.41, 5.74) is 4.47. The van der Waals surface area contributed by atoms with E-state index in [1.165, 1.54) is 0 Å². The van der Waals surface area contributed by atoms with E-state index in [1.54, 1.807) is 30.5 Å². The Morgan fingerprint density at radius 2 is 1.48 bits per heavy atom. The van der Waals surface area contributed by atoms with E-state index < -0.39 is 11.9 Å². The van der Waals surface area contributed by atoms with Gasteiger partial charge in [-0.1, -0.05) is 84.9 Å². The number of aromatic nitrogens is 1. The summed E-state index contributed by atoms with van der Waals surface area (Å²) in [6.45, 7) is 0.435. The Hall–Kier alpha value is -4.97. The second-order valence-corrected chi connectivity index (χ2v) is 9.55. The van der Waals surface area contributed by atoms with Crippen LogP contribution in [0.15, 0.2) is 120 Å². The van der Waals surface area contributed by atoms with Crippen molar-refractivity contribution in [1.82, 2.24) is 4.98 Å². The van der Waals surface area contributed by atoms with Crippen LogP contribution in [0, 0.1) is 5.92 Å². The second-order valence-electron chi connectivity index (χ2n) is 9.55. The van der Waals surface area contributed by atoms with E-state index in [9.17, 15) is 14.7 Å². The Kier molecular flexibility index (Phi) is 8.47. The van der Waals surface area contributed by atoms with Crippen molar-refractivity contribution >= 4 is 11.8 Å². The number of rotatable bonds is 12. The van der Waals surface area contributed by atoms with Crippen LogP contribution in [0.3, 0.4) is 0 Å². The highest BCUT2D eigenvalue weighted by atomic mass is 16.5. The molecule has 1 heterocycles. The third-order valence-corrected chi connectivity index (χ3v) is 6.72. The fourth-order valence-corrected chi connectivity index (χ4v) is 4.59. The van der Waals surface area contributed by atoms with E-state index in [2.05, 4.69) is 4.98 Å². The van der Waals surface area contributed by atoms with Crippen molar-refractivity contribution in [2.45, 2.75) is 19.3 Å². The van der Waals surface area contributed by atoms with Crippen molar-refractivity contribution in [3.05, 3.63) is 143 Å². The topological polar surface area (TPSA) is 89.6 Å². The Morgan fingerprint density at radius 3 is 2.20 bits per heavy atom. The Balaban J connectivity index is 1.18. The lowest BCUT2D eigenvalue weighted by Crippen LogP contribution is -2.20. The summed E-state index contributed by atoms with van der Waals surface area (Å²) < 4.78 is 11.5. The van der Waals surface area contributed by atoms with Crippen molar-refractivity contribution in [1.29, 1.82) is 0 Å². The first-order valence-corrected chi connectivity index (χ1v) is 13.2. The van der Waals surface area contributed by atoms with Gasteiger partial charge in [-0.2, -0.15) is 0 Å². The van der Waals surface area contributed by atoms with Crippen molar-refractivity contribution in [3.8, 4) is 17.2 Å². The van der Waals surface area contributed by atoms with Gasteiger partial charge < -0.3 is 14.3 Å². The highest BCUT2D eigenvalue weighted by Crippen LogP contribution is 2.23. The maximum atomic E-state index is 13.1. The van der Waals surface area contributed by atoms with Crippen LogP contribution in [0.25, 0.3) is 11.5 Å². The van der Waals surface area contributed by atoms with Gasteiger partial charge in [-0.05, 0) is 48.2 Å². The van der Waals surface area contributed by atoms with Gasteiger partial charge in [0.2, 0.25) is 5.89 Å². The summed E-state index contributed by atoms with van der Waals surface area (Å²) in [4.78, 5) is 29.8. The number of carboxylic acids is 1. The Bertz CT molecular complexity index is 1560. The predicted octanol–water partition coefficient (Wildman–Crippen LogP) is 6.68. The molecule has 5 aromatic rings. The lowest BCUT2D eigenvalue weighted by atomic mass is 9.88. The molecule has 40 heavy (non-hydrogen) atoms. The van der Waals surface area contributed by atoms with E-state index in [0.29, 0.717) is 42.2 Å². The van der Waals surface area contributed by atoms with E-state index in [0.717, 1.165) is 22.4 Å². The molecule has 0 bridgehead atoms. The van der Waals surface area contributed by atoms with E-state index in [4.69, 9.17) is 9.15 Å². The Labute approximate surface area is 232 Å². The molecule has 6 heteroatoms. The molecule has 6 nitrogen and oxygen atoms in total. The minimum absolute atomic E-state index is 0.108. The molecule has 0 saturated heterocycles. The number of carbonyl (C=O) groups excluding carboxylic acids is 1. The number of carboxylic acid groups (broad SMARTS) is 1. The van der Waals surface area contributed by atoms with Gasteiger partial charge in [0.05, 0.1) is 18.2 Å². The lowest BCUT2D eigenvalue weighted by molar-refractivity contribution is -0.141. The van der Waals surface area contributed by atoms with Gasteiger partial charge >= 0.3 is 5.97 Å². The molecule has 0 aliphatic rings. The quantitative estimate of drug-likeness (QED) is 0.181. The minimum Gasteiger partial charge on any atom is -0.493 e. The molecule has 1 atom stereocenters. The van der Waals surface area contributed by atoms with E-state index in [1.807, 2.05) is 84.9 Å². The molecular formula is C34H29NO5. The molecule has 0 fully saturated rings. The van der Waals surface area contributed by atoms with Crippen LogP contribution in [0.2, 0.25) is 0 Å². The van der Waals surface area contributed by atoms with Crippen molar-refractivity contribution in [2.75, 3.05) is 6.61 Å². The number of hydrogen-bond donors (Lipinski definition) is 1. The van der Waals surface area contributed by atoms with Crippen molar-refractivity contribution in [3.63, 3.8) is 0 Å². The highest BCUT2D eigenvalue weighted by molar-refractivity contribution is 6.09. The summed E-state index contributed by atoms with van der Waals surface area (Å²) in [7, 11) is 0. The summed E-state index contributed by atoms with van der Waals surface area (Å²) in [6.07, 6.45) is 2.84. The van der Waals surface area contributed by atoms with Gasteiger partial charge in [0.25, 0.3) is 0 Å². The average Bonchev–Trinajstić information content (AvgIpc) is 3.47. The van der Waals surface area contributed by atoms with Gasteiger partial charge in [-0.25, -0.2) is 4.98 Å². The van der Waals surface area contributed by atoms with E-state index in [-0.39, 0.29) is 12.2 Å². The molecule has 1 aromatic heterocycles.